The largest absolute Gasteiger partial charge is 0.296 e. The minimum Gasteiger partial charge on any atom is -0.296 e. The minimum atomic E-state index is 0.0275. The maximum atomic E-state index is 12.7. The van der Waals surface area contributed by atoms with Gasteiger partial charge in [0.05, 0.1) is 17.2 Å². The van der Waals surface area contributed by atoms with Crippen LogP contribution in [-0.2, 0) is 6.42 Å². The second-order valence-electron chi connectivity index (χ2n) is 5.33. The smallest absolute Gasteiger partial charge is 0.261 e. The summed E-state index contributed by atoms with van der Waals surface area (Å²) in [7, 11) is 0. The molecule has 1 aromatic carbocycles. The van der Waals surface area contributed by atoms with E-state index >= 15 is 0 Å². The molecule has 0 saturated carbocycles. The Bertz CT molecular complexity index is 824. The number of nitrogens with zero attached hydrogens (tertiary/aromatic N) is 3. The third-order valence-corrected chi connectivity index (χ3v) is 3.78. The van der Waals surface area contributed by atoms with Gasteiger partial charge in [0.2, 0.25) is 0 Å². The van der Waals surface area contributed by atoms with Crippen molar-refractivity contribution in [3.05, 3.63) is 70.5 Å². The van der Waals surface area contributed by atoms with Crippen molar-refractivity contribution in [2.24, 2.45) is 0 Å². The zero-order valence-electron chi connectivity index (χ0n) is 12.2. The Morgan fingerprint density at radius 2 is 1.95 bits per heavy atom. The van der Waals surface area contributed by atoms with Gasteiger partial charge in [-0.15, -0.1) is 0 Å². The Labute approximate surface area is 123 Å². The summed E-state index contributed by atoms with van der Waals surface area (Å²) in [4.78, 5) is 21.1. The lowest BCUT2D eigenvalue weighted by molar-refractivity contribution is 0.523. The molecule has 0 aliphatic carbocycles. The third kappa shape index (κ3) is 2.57. The molecule has 3 aromatic rings. The molecule has 0 amide bonds. The first-order valence-corrected chi connectivity index (χ1v) is 7.02. The van der Waals surface area contributed by atoms with Crippen molar-refractivity contribution in [1.82, 2.24) is 14.5 Å². The fraction of sp³-hybridized carbons (Fsp3) is 0.235. The lowest BCUT2D eigenvalue weighted by atomic mass is 10.1. The van der Waals surface area contributed by atoms with E-state index < -0.39 is 0 Å². The highest BCUT2D eigenvalue weighted by atomic mass is 16.1. The lowest BCUT2D eigenvalue weighted by Gasteiger charge is -2.15. The highest BCUT2D eigenvalue weighted by molar-refractivity contribution is 5.80. The zero-order valence-corrected chi connectivity index (χ0v) is 12.2. The van der Waals surface area contributed by atoms with Crippen LogP contribution in [0.15, 0.2) is 53.8 Å². The summed E-state index contributed by atoms with van der Waals surface area (Å²) in [6.45, 7) is 3.98. The van der Waals surface area contributed by atoms with Gasteiger partial charge in [-0.2, -0.15) is 0 Å². The molecule has 1 unspecified atom stereocenters. The molecule has 0 fully saturated rings. The van der Waals surface area contributed by atoms with Crippen LogP contribution < -0.4 is 5.56 Å². The molecule has 4 heteroatoms. The minimum absolute atomic E-state index is 0.0275. The van der Waals surface area contributed by atoms with E-state index in [9.17, 15) is 4.79 Å². The van der Waals surface area contributed by atoms with Crippen LogP contribution in [0, 0.1) is 6.92 Å². The fourth-order valence-electron chi connectivity index (χ4n) is 2.62. The third-order valence-electron chi connectivity index (χ3n) is 3.78. The Balaban J connectivity index is 2.03. The van der Waals surface area contributed by atoms with Crippen LogP contribution in [0.4, 0.5) is 0 Å². The van der Waals surface area contributed by atoms with Crippen LogP contribution in [-0.4, -0.2) is 14.5 Å². The van der Waals surface area contributed by atoms with Crippen molar-refractivity contribution in [2.45, 2.75) is 26.3 Å². The summed E-state index contributed by atoms with van der Waals surface area (Å²) < 4.78 is 1.72. The van der Waals surface area contributed by atoms with Crippen LogP contribution in [0.3, 0.4) is 0 Å². The number of aromatic nitrogens is 3. The fourth-order valence-corrected chi connectivity index (χ4v) is 2.62. The summed E-state index contributed by atoms with van der Waals surface area (Å²) in [5.74, 6) is 0. The summed E-state index contributed by atoms with van der Waals surface area (Å²) >= 11 is 0. The Morgan fingerprint density at radius 3 is 2.71 bits per heavy atom. The summed E-state index contributed by atoms with van der Waals surface area (Å²) in [5, 5.41) is 0.710. The molecule has 2 heterocycles. The molecule has 2 aromatic heterocycles. The van der Waals surface area contributed by atoms with Crippen LogP contribution in [0.5, 0.6) is 0 Å². The molecular formula is C17H17N3O. The topological polar surface area (TPSA) is 47.8 Å². The molecule has 106 valence electrons. The normalized spacial score (nSPS) is 12.5. The molecule has 0 aliphatic heterocycles. The van der Waals surface area contributed by atoms with Gasteiger partial charge in [0.25, 0.3) is 5.56 Å². The molecule has 3 rings (SSSR count). The van der Waals surface area contributed by atoms with Gasteiger partial charge in [-0.05, 0) is 49.6 Å². The van der Waals surface area contributed by atoms with Crippen molar-refractivity contribution in [2.75, 3.05) is 0 Å². The van der Waals surface area contributed by atoms with Gasteiger partial charge in [0, 0.05) is 18.4 Å². The van der Waals surface area contributed by atoms with E-state index in [1.165, 1.54) is 0 Å². The Morgan fingerprint density at radius 1 is 1.19 bits per heavy atom. The number of benzene rings is 1. The SMILES string of the molecule is Cc1cccc2ncn(C(C)Cc3ccncc3)c(=O)c12. The molecule has 0 radical (unpaired) electrons. The first kappa shape index (κ1) is 13.5. The molecule has 1 atom stereocenters. The molecule has 4 nitrogen and oxygen atoms in total. The van der Waals surface area contributed by atoms with Crippen molar-refractivity contribution in [3.63, 3.8) is 0 Å². The van der Waals surface area contributed by atoms with Gasteiger partial charge < -0.3 is 0 Å². The van der Waals surface area contributed by atoms with Crippen molar-refractivity contribution in [1.29, 1.82) is 0 Å². The second kappa shape index (κ2) is 5.48. The molecule has 0 saturated heterocycles. The monoisotopic (exact) mass is 279 g/mol. The average Bonchev–Trinajstić information content (AvgIpc) is 2.48. The molecule has 0 N–H and O–H groups in total. The predicted molar refractivity (Wildman–Crippen MR) is 83.4 cm³/mol. The maximum Gasteiger partial charge on any atom is 0.261 e. The second-order valence-corrected chi connectivity index (χ2v) is 5.33. The summed E-state index contributed by atoms with van der Waals surface area (Å²) in [6.07, 6.45) is 5.97. The van der Waals surface area contributed by atoms with Gasteiger partial charge in [-0.25, -0.2) is 4.98 Å². The molecule has 0 aliphatic rings. The van der Waals surface area contributed by atoms with E-state index in [4.69, 9.17) is 0 Å². The summed E-state index contributed by atoms with van der Waals surface area (Å²) in [6, 6.07) is 9.75. The predicted octanol–water partition coefficient (Wildman–Crippen LogP) is 2.90. The number of fused-ring (bicyclic) bond motifs is 1. The first-order chi connectivity index (χ1) is 10.2. The molecule has 0 bridgehead atoms. The van der Waals surface area contributed by atoms with E-state index in [0.717, 1.165) is 23.1 Å². The Kier molecular flexibility index (Phi) is 3.52. The van der Waals surface area contributed by atoms with Gasteiger partial charge in [0.1, 0.15) is 0 Å². The lowest BCUT2D eigenvalue weighted by Crippen LogP contribution is -2.25. The van der Waals surface area contributed by atoms with Gasteiger partial charge in [0.15, 0.2) is 0 Å². The van der Waals surface area contributed by atoms with Crippen LogP contribution in [0.1, 0.15) is 24.1 Å². The standard InChI is InChI=1S/C17H17N3O/c1-12-4-3-5-15-16(12)17(21)20(11-19-15)13(2)10-14-6-8-18-9-7-14/h3-9,11,13H,10H2,1-2H3. The zero-order chi connectivity index (χ0) is 14.8. The van der Waals surface area contributed by atoms with E-state index in [2.05, 4.69) is 9.97 Å². The van der Waals surface area contributed by atoms with Crippen LogP contribution in [0.25, 0.3) is 10.9 Å². The highest BCUT2D eigenvalue weighted by Crippen LogP contribution is 2.15. The maximum absolute atomic E-state index is 12.7. The Hall–Kier alpha value is -2.49. The van der Waals surface area contributed by atoms with Gasteiger partial charge >= 0.3 is 0 Å². The number of aryl methyl sites for hydroxylation is 1. The molecule has 0 spiro atoms. The van der Waals surface area contributed by atoms with Crippen molar-refractivity contribution >= 4 is 10.9 Å². The van der Waals surface area contributed by atoms with E-state index in [1.807, 2.05) is 44.2 Å². The average molecular weight is 279 g/mol. The molecule has 21 heavy (non-hydrogen) atoms. The van der Waals surface area contributed by atoms with Crippen molar-refractivity contribution in [3.8, 4) is 0 Å². The number of hydrogen-bond acceptors (Lipinski definition) is 3. The summed E-state index contributed by atoms with van der Waals surface area (Å²) in [5.41, 5.74) is 2.91. The number of rotatable bonds is 3. The van der Waals surface area contributed by atoms with Crippen molar-refractivity contribution < 1.29 is 0 Å². The first-order valence-electron chi connectivity index (χ1n) is 7.02. The highest BCUT2D eigenvalue weighted by Gasteiger charge is 2.12. The van der Waals surface area contributed by atoms with E-state index in [0.29, 0.717) is 5.39 Å². The van der Waals surface area contributed by atoms with E-state index in [1.54, 1.807) is 23.3 Å². The van der Waals surface area contributed by atoms with Crippen LogP contribution in [0.2, 0.25) is 0 Å². The number of pyridine rings is 1. The number of hydrogen-bond donors (Lipinski definition) is 0. The van der Waals surface area contributed by atoms with E-state index in [-0.39, 0.29) is 11.6 Å². The quantitative estimate of drug-likeness (QED) is 0.740. The molecular weight excluding hydrogens is 262 g/mol. The van der Waals surface area contributed by atoms with Gasteiger partial charge in [-0.1, -0.05) is 12.1 Å². The van der Waals surface area contributed by atoms with Crippen LogP contribution >= 0.6 is 0 Å². The van der Waals surface area contributed by atoms with Gasteiger partial charge in [-0.3, -0.25) is 14.3 Å².